The van der Waals surface area contributed by atoms with E-state index >= 15 is 0 Å². The lowest BCUT2D eigenvalue weighted by Crippen LogP contribution is -2.39. The molecule has 1 aromatic heterocycles. The van der Waals surface area contributed by atoms with E-state index in [-0.39, 0.29) is 11.3 Å². The Balaban J connectivity index is 2.20. The van der Waals surface area contributed by atoms with Crippen LogP contribution in [0.1, 0.15) is 40.3 Å². The molecular weight excluding hydrogens is 238 g/mol. The third kappa shape index (κ3) is 2.34. The Morgan fingerprint density at radius 3 is 2.29 bits per heavy atom. The summed E-state index contributed by atoms with van der Waals surface area (Å²) in [5.41, 5.74) is 1.69. The molecule has 2 heterocycles. The van der Waals surface area contributed by atoms with E-state index < -0.39 is 0 Å². The van der Waals surface area contributed by atoms with Gasteiger partial charge in [0, 0.05) is 24.0 Å². The number of carbonyl (C=O) groups excluding carboxylic acids is 1. The molecule has 1 saturated heterocycles. The van der Waals surface area contributed by atoms with Crippen LogP contribution in [0.4, 0.5) is 0 Å². The van der Waals surface area contributed by atoms with E-state index in [1.807, 2.05) is 25.7 Å². The highest BCUT2D eigenvalue weighted by Gasteiger charge is 2.26. The summed E-state index contributed by atoms with van der Waals surface area (Å²) < 4.78 is 5.50. The second kappa shape index (κ2) is 4.73. The van der Waals surface area contributed by atoms with Gasteiger partial charge in [-0.25, -0.2) is 0 Å². The number of likely N-dealkylation sites (tertiary alicyclic amines) is 1. The van der Waals surface area contributed by atoms with Crippen molar-refractivity contribution in [2.45, 2.75) is 39.0 Å². The topological polar surface area (TPSA) is 33.5 Å². The van der Waals surface area contributed by atoms with Crippen molar-refractivity contribution in [3.63, 3.8) is 0 Å². The number of furan rings is 1. The van der Waals surface area contributed by atoms with Crippen molar-refractivity contribution in [2.24, 2.45) is 0 Å². The molecule has 0 saturated carbocycles. The van der Waals surface area contributed by atoms with E-state index in [1.165, 1.54) is 0 Å². The minimum Gasteiger partial charge on any atom is -0.466 e. The van der Waals surface area contributed by atoms with Crippen molar-refractivity contribution in [3.8, 4) is 0 Å². The van der Waals surface area contributed by atoms with Gasteiger partial charge in [0.25, 0.3) is 5.91 Å². The van der Waals surface area contributed by atoms with E-state index in [2.05, 4.69) is 0 Å². The van der Waals surface area contributed by atoms with Gasteiger partial charge in [0.1, 0.15) is 11.5 Å². The molecule has 0 unspecified atom stereocenters. The van der Waals surface area contributed by atoms with Gasteiger partial charge in [-0.1, -0.05) is 0 Å². The summed E-state index contributed by atoms with van der Waals surface area (Å²) in [6.45, 7) is 7.17. The SMILES string of the molecule is Cc1oc(C)c(C(=O)N2CCC(Cl)CC2)c1C. The molecule has 0 spiro atoms. The van der Waals surface area contributed by atoms with Crippen LogP contribution in [0.25, 0.3) is 0 Å². The minimum absolute atomic E-state index is 0.0837. The van der Waals surface area contributed by atoms with E-state index in [9.17, 15) is 4.79 Å². The smallest absolute Gasteiger partial charge is 0.257 e. The lowest BCUT2D eigenvalue weighted by molar-refractivity contribution is 0.0724. The summed E-state index contributed by atoms with van der Waals surface area (Å²) >= 11 is 6.04. The molecule has 1 amide bonds. The van der Waals surface area contributed by atoms with Crippen LogP contribution in [-0.2, 0) is 0 Å². The molecule has 1 aromatic rings. The fourth-order valence-electron chi connectivity index (χ4n) is 2.32. The number of alkyl halides is 1. The normalized spacial score (nSPS) is 17.5. The van der Waals surface area contributed by atoms with Crippen molar-refractivity contribution in [2.75, 3.05) is 13.1 Å². The van der Waals surface area contributed by atoms with Gasteiger partial charge in [-0.2, -0.15) is 0 Å². The summed E-state index contributed by atoms with van der Waals surface area (Å²) in [5, 5.41) is 0.215. The van der Waals surface area contributed by atoms with Crippen LogP contribution in [0.3, 0.4) is 0 Å². The average Bonchev–Trinajstić information content (AvgIpc) is 2.53. The molecule has 1 aliphatic heterocycles. The van der Waals surface area contributed by atoms with Crippen molar-refractivity contribution < 1.29 is 9.21 Å². The number of halogens is 1. The molecule has 0 radical (unpaired) electrons. The molecule has 0 bridgehead atoms. The second-order valence-corrected chi connectivity index (χ2v) is 5.30. The molecule has 2 rings (SSSR count). The highest BCUT2D eigenvalue weighted by molar-refractivity contribution is 6.20. The van der Waals surface area contributed by atoms with Crippen LogP contribution >= 0.6 is 11.6 Å². The summed E-state index contributed by atoms with van der Waals surface area (Å²) in [5.74, 6) is 1.64. The molecule has 94 valence electrons. The number of rotatable bonds is 1. The number of nitrogens with zero attached hydrogens (tertiary/aromatic N) is 1. The molecular formula is C13H18ClNO2. The third-order valence-corrected chi connectivity index (χ3v) is 3.92. The van der Waals surface area contributed by atoms with Crippen molar-refractivity contribution in [3.05, 3.63) is 22.6 Å². The Morgan fingerprint density at radius 1 is 1.24 bits per heavy atom. The first-order valence-corrected chi connectivity index (χ1v) is 6.44. The quantitative estimate of drug-likeness (QED) is 0.723. The zero-order valence-corrected chi connectivity index (χ0v) is 11.3. The van der Waals surface area contributed by atoms with Crippen molar-refractivity contribution in [1.82, 2.24) is 4.90 Å². The summed E-state index contributed by atoms with van der Waals surface area (Å²) in [6.07, 6.45) is 1.75. The second-order valence-electron chi connectivity index (χ2n) is 4.68. The van der Waals surface area contributed by atoms with Gasteiger partial charge in [-0.05, 0) is 33.6 Å². The standard InChI is InChI=1S/C13H18ClNO2/c1-8-9(2)17-10(3)12(8)13(16)15-6-4-11(14)5-7-15/h11H,4-7H2,1-3H3. The lowest BCUT2D eigenvalue weighted by atomic mass is 10.1. The summed E-state index contributed by atoms with van der Waals surface area (Å²) in [7, 11) is 0. The first kappa shape index (κ1) is 12.5. The molecule has 0 atom stereocenters. The highest BCUT2D eigenvalue weighted by Crippen LogP contribution is 2.24. The molecule has 1 fully saturated rings. The molecule has 3 nitrogen and oxygen atoms in total. The van der Waals surface area contributed by atoms with Crippen LogP contribution in [0.2, 0.25) is 0 Å². The van der Waals surface area contributed by atoms with Crippen LogP contribution < -0.4 is 0 Å². The average molecular weight is 256 g/mol. The maximum atomic E-state index is 12.4. The van der Waals surface area contributed by atoms with Crippen LogP contribution in [0, 0.1) is 20.8 Å². The third-order valence-electron chi connectivity index (χ3n) is 3.49. The zero-order chi connectivity index (χ0) is 12.6. The highest BCUT2D eigenvalue weighted by atomic mass is 35.5. The zero-order valence-electron chi connectivity index (χ0n) is 10.5. The van der Waals surface area contributed by atoms with E-state index in [1.54, 1.807) is 0 Å². The first-order chi connectivity index (χ1) is 8.00. The molecule has 1 aliphatic rings. The largest absolute Gasteiger partial charge is 0.466 e. The number of aryl methyl sites for hydroxylation is 2. The van der Waals surface area contributed by atoms with Crippen molar-refractivity contribution in [1.29, 1.82) is 0 Å². The fraction of sp³-hybridized carbons (Fsp3) is 0.615. The van der Waals surface area contributed by atoms with E-state index in [4.69, 9.17) is 16.0 Å². The Hall–Kier alpha value is -0.960. The number of hydrogen-bond donors (Lipinski definition) is 0. The molecule has 0 aromatic carbocycles. The van der Waals surface area contributed by atoms with Crippen LogP contribution in [0.15, 0.2) is 4.42 Å². The first-order valence-electron chi connectivity index (χ1n) is 6.00. The van der Waals surface area contributed by atoms with Gasteiger partial charge in [0.15, 0.2) is 0 Å². The Morgan fingerprint density at radius 2 is 1.82 bits per heavy atom. The number of piperidine rings is 1. The maximum Gasteiger partial charge on any atom is 0.257 e. The molecule has 17 heavy (non-hydrogen) atoms. The predicted octanol–water partition coefficient (Wildman–Crippen LogP) is 3.05. The lowest BCUT2D eigenvalue weighted by Gasteiger charge is -2.29. The van der Waals surface area contributed by atoms with E-state index in [0.717, 1.165) is 48.6 Å². The maximum absolute atomic E-state index is 12.4. The van der Waals surface area contributed by atoms with Gasteiger partial charge in [0.2, 0.25) is 0 Å². The van der Waals surface area contributed by atoms with Crippen LogP contribution in [0.5, 0.6) is 0 Å². The minimum atomic E-state index is 0.0837. The fourth-order valence-corrected chi connectivity index (χ4v) is 2.51. The van der Waals surface area contributed by atoms with Gasteiger partial charge in [-0.15, -0.1) is 11.6 Å². The Bertz CT molecular complexity index is 431. The number of carbonyl (C=O) groups is 1. The van der Waals surface area contributed by atoms with Gasteiger partial charge in [0.05, 0.1) is 5.56 Å². The summed E-state index contributed by atoms with van der Waals surface area (Å²) in [4.78, 5) is 14.3. The Kier molecular flexibility index (Phi) is 3.48. The van der Waals surface area contributed by atoms with Crippen LogP contribution in [-0.4, -0.2) is 29.3 Å². The van der Waals surface area contributed by atoms with E-state index in [0.29, 0.717) is 0 Å². The predicted molar refractivity (Wildman–Crippen MR) is 67.7 cm³/mol. The Labute approximate surface area is 107 Å². The summed E-state index contributed by atoms with van der Waals surface area (Å²) in [6, 6.07) is 0. The van der Waals surface area contributed by atoms with Gasteiger partial charge < -0.3 is 9.32 Å². The number of amides is 1. The number of hydrogen-bond acceptors (Lipinski definition) is 2. The van der Waals surface area contributed by atoms with Gasteiger partial charge >= 0.3 is 0 Å². The molecule has 0 N–H and O–H groups in total. The van der Waals surface area contributed by atoms with Crippen molar-refractivity contribution >= 4 is 17.5 Å². The van der Waals surface area contributed by atoms with Gasteiger partial charge in [-0.3, -0.25) is 4.79 Å². The molecule has 0 aliphatic carbocycles. The monoisotopic (exact) mass is 255 g/mol. The molecule has 4 heteroatoms.